The number of hydrogen-bond acceptors (Lipinski definition) is 3. The van der Waals surface area contributed by atoms with E-state index in [0.29, 0.717) is 11.3 Å². The van der Waals surface area contributed by atoms with Gasteiger partial charge in [0.05, 0.1) is 11.3 Å². The number of carbonyl (C=O) groups is 2. The maximum Gasteiger partial charge on any atom is 0.282 e. The molecule has 0 fully saturated rings. The number of benzene rings is 3. The standard InChI is InChI=1S/C24H18F2N2O2/c1-14-10-11-16(12-15(14)2)21-22(27-18-7-5-6-17(25)13-18)24(30)28(23(21)29)20-9-4-3-8-19(20)26/h3-13,27H,1-2H3. The molecule has 4 nitrogen and oxygen atoms in total. The topological polar surface area (TPSA) is 49.4 Å². The van der Waals surface area contributed by atoms with Gasteiger partial charge in [-0.05, 0) is 60.9 Å². The Kier molecular flexibility index (Phi) is 4.91. The van der Waals surface area contributed by atoms with Crippen LogP contribution in [0.5, 0.6) is 0 Å². The van der Waals surface area contributed by atoms with E-state index in [-0.39, 0.29) is 17.0 Å². The number of rotatable bonds is 4. The Bertz CT molecular complexity index is 1220. The van der Waals surface area contributed by atoms with E-state index in [4.69, 9.17) is 0 Å². The van der Waals surface area contributed by atoms with Crippen LogP contribution in [-0.2, 0) is 9.59 Å². The summed E-state index contributed by atoms with van der Waals surface area (Å²) in [6, 6.07) is 16.5. The molecule has 0 spiro atoms. The van der Waals surface area contributed by atoms with Crippen molar-refractivity contribution in [2.45, 2.75) is 13.8 Å². The van der Waals surface area contributed by atoms with Gasteiger partial charge in [0.25, 0.3) is 11.8 Å². The van der Waals surface area contributed by atoms with Crippen molar-refractivity contribution in [2.24, 2.45) is 0 Å². The highest BCUT2D eigenvalue weighted by Gasteiger charge is 2.41. The van der Waals surface area contributed by atoms with E-state index >= 15 is 0 Å². The molecule has 1 aliphatic rings. The number of carbonyl (C=O) groups excluding carboxylic acids is 2. The summed E-state index contributed by atoms with van der Waals surface area (Å²) in [4.78, 5) is 27.3. The molecule has 1 aliphatic heterocycles. The predicted molar refractivity (Wildman–Crippen MR) is 112 cm³/mol. The van der Waals surface area contributed by atoms with Gasteiger partial charge in [0.1, 0.15) is 17.3 Å². The molecule has 4 rings (SSSR count). The Balaban J connectivity index is 1.87. The Labute approximate surface area is 172 Å². The van der Waals surface area contributed by atoms with Gasteiger partial charge in [-0.3, -0.25) is 9.59 Å². The predicted octanol–water partition coefficient (Wildman–Crippen LogP) is 4.98. The van der Waals surface area contributed by atoms with Crippen molar-refractivity contribution in [1.82, 2.24) is 0 Å². The number of anilines is 2. The van der Waals surface area contributed by atoms with E-state index in [1.54, 1.807) is 24.3 Å². The van der Waals surface area contributed by atoms with Crippen molar-refractivity contribution in [2.75, 3.05) is 10.2 Å². The second-order valence-corrected chi connectivity index (χ2v) is 7.08. The zero-order valence-corrected chi connectivity index (χ0v) is 16.4. The largest absolute Gasteiger partial charge is 0.350 e. The van der Waals surface area contributed by atoms with Gasteiger partial charge < -0.3 is 5.32 Å². The van der Waals surface area contributed by atoms with Gasteiger partial charge in [-0.2, -0.15) is 0 Å². The molecule has 0 unspecified atom stereocenters. The maximum atomic E-state index is 14.4. The number of nitrogens with one attached hydrogen (secondary N) is 1. The summed E-state index contributed by atoms with van der Waals surface area (Å²) in [6.45, 7) is 3.83. The number of nitrogens with zero attached hydrogens (tertiary/aromatic N) is 1. The van der Waals surface area contributed by atoms with Crippen LogP contribution in [0.2, 0.25) is 0 Å². The Morgan fingerprint density at radius 2 is 1.57 bits per heavy atom. The Morgan fingerprint density at radius 1 is 0.800 bits per heavy atom. The van der Waals surface area contributed by atoms with Gasteiger partial charge in [0.15, 0.2) is 0 Å². The molecule has 0 bridgehead atoms. The van der Waals surface area contributed by atoms with Crippen LogP contribution in [0.15, 0.2) is 72.4 Å². The number of aryl methyl sites for hydroxylation is 2. The fourth-order valence-electron chi connectivity index (χ4n) is 3.37. The lowest BCUT2D eigenvalue weighted by Gasteiger charge is -2.16. The quantitative estimate of drug-likeness (QED) is 0.624. The van der Waals surface area contributed by atoms with E-state index < -0.39 is 23.4 Å². The minimum Gasteiger partial charge on any atom is -0.350 e. The summed E-state index contributed by atoms with van der Waals surface area (Å²) in [5.41, 5.74) is 2.74. The van der Waals surface area contributed by atoms with Crippen LogP contribution in [-0.4, -0.2) is 11.8 Å². The monoisotopic (exact) mass is 404 g/mol. The summed E-state index contributed by atoms with van der Waals surface area (Å²) >= 11 is 0. The number of para-hydroxylation sites is 1. The van der Waals surface area contributed by atoms with Gasteiger partial charge in [-0.25, -0.2) is 13.7 Å². The van der Waals surface area contributed by atoms with E-state index in [2.05, 4.69) is 5.32 Å². The van der Waals surface area contributed by atoms with Crippen LogP contribution in [0, 0.1) is 25.5 Å². The average molecular weight is 404 g/mol. The zero-order valence-electron chi connectivity index (χ0n) is 16.4. The molecule has 0 atom stereocenters. The van der Waals surface area contributed by atoms with E-state index in [1.165, 1.54) is 36.4 Å². The third kappa shape index (κ3) is 3.37. The SMILES string of the molecule is Cc1ccc(C2=C(Nc3cccc(F)c3)C(=O)N(c3ccccc3F)C2=O)cc1C. The summed E-state index contributed by atoms with van der Waals surface area (Å²) < 4.78 is 28.1. The second-order valence-electron chi connectivity index (χ2n) is 7.08. The first kappa shape index (κ1) is 19.5. The van der Waals surface area contributed by atoms with Crippen LogP contribution in [0.1, 0.15) is 16.7 Å². The molecule has 0 saturated heterocycles. The minimum absolute atomic E-state index is 0.0305. The molecule has 2 amide bonds. The van der Waals surface area contributed by atoms with Crippen molar-refractivity contribution in [3.63, 3.8) is 0 Å². The van der Waals surface area contributed by atoms with Crippen molar-refractivity contribution < 1.29 is 18.4 Å². The van der Waals surface area contributed by atoms with E-state index in [9.17, 15) is 18.4 Å². The first-order chi connectivity index (χ1) is 14.4. The van der Waals surface area contributed by atoms with Gasteiger partial charge in [-0.1, -0.05) is 36.4 Å². The molecule has 0 aromatic heterocycles. The first-order valence-electron chi connectivity index (χ1n) is 9.34. The third-order valence-electron chi connectivity index (χ3n) is 5.07. The fourth-order valence-corrected chi connectivity index (χ4v) is 3.37. The van der Waals surface area contributed by atoms with Crippen molar-refractivity contribution >= 4 is 28.8 Å². The van der Waals surface area contributed by atoms with Crippen LogP contribution in [0.25, 0.3) is 5.57 Å². The number of imide groups is 1. The summed E-state index contributed by atoms with van der Waals surface area (Å²) in [7, 11) is 0. The molecule has 6 heteroatoms. The van der Waals surface area contributed by atoms with Crippen LogP contribution < -0.4 is 10.2 Å². The first-order valence-corrected chi connectivity index (χ1v) is 9.34. The lowest BCUT2D eigenvalue weighted by molar-refractivity contribution is -0.120. The minimum atomic E-state index is -0.706. The highest BCUT2D eigenvalue weighted by atomic mass is 19.1. The Morgan fingerprint density at radius 3 is 2.27 bits per heavy atom. The number of hydrogen-bond donors (Lipinski definition) is 1. The average Bonchev–Trinajstić information content (AvgIpc) is 2.94. The lowest BCUT2D eigenvalue weighted by atomic mass is 9.99. The van der Waals surface area contributed by atoms with Crippen molar-refractivity contribution in [3.05, 3.63) is 101 Å². The molecular weight excluding hydrogens is 386 g/mol. The second kappa shape index (κ2) is 7.55. The molecule has 3 aromatic rings. The highest BCUT2D eigenvalue weighted by molar-refractivity contribution is 6.46. The summed E-state index contributed by atoms with van der Waals surface area (Å²) in [6.07, 6.45) is 0. The van der Waals surface area contributed by atoms with Crippen LogP contribution >= 0.6 is 0 Å². The fraction of sp³-hybridized carbons (Fsp3) is 0.0833. The molecule has 3 aromatic carbocycles. The lowest BCUT2D eigenvalue weighted by Crippen LogP contribution is -2.33. The highest BCUT2D eigenvalue weighted by Crippen LogP contribution is 2.35. The molecule has 1 heterocycles. The van der Waals surface area contributed by atoms with Crippen LogP contribution in [0.3, 0.4) is 0 Å². The van der Waals surface area contributed by atoms with Crippen molar-refractivity contribution in [1.29, 1.82) is 0 Å². The molecule has 0 aliphatic carbocycles. The third-order valence-corrected chi connectivity index (χ3v) is 5.07. The summed E-state index contributed by atoms with van der Waals surface area (Å²) in [5, 5.41) is 2.87. The number of halogens is 2. The smallest absolute Gasteiger partial charge is 0.282 e. The van der Waals surface area contributed by atoms with Gasteiger partial charge in [0, 0.05) is 5.69 Å². The van der Waals surface area contributed by atoms with E-state index in [0.717, 1.165) is 16.0 Å². The zero-order chi connectivity index (χ0) is 21.4. The molecule has 1 N–H and O–H groups in total. The van der Waals surface area contributed by atoms with Gasteiger partial charge in [0.2, 0.25) is 0 Å². The van der Waals surface area contributed by atoms with Gasteiger partial charge >= 0.3 is 0 Å². The molecular formula is C24H18F2N2O2. The number of amides is 2. The summed E-state index contributed by atoms with van der Waals surface area (Å²) in [5.74, 6) is -2.53. The Hall–Kier alpha value is -3.80. The molecule has 0 saturated carbocycles. The van der Waals surface area contributed by atoms with Crippen molar-refractivity contribution in [3.8, 4) is 0 Å². The normalized spacial score (nSPS) is 13.9. The maximum absolute atomic E-state index is 14.4. The molecule has 30 heavy (non-hydrogen) atoms. The molecule has 0 radical (unpaired) electrons. The van der Waals surface area contributed by atoms with Gasteiger partial charge in [-0.15, -0.1) is 0 Å². The van der Waals surface area contributed by atoms with E-state index in [1.807, 2.05) is 19.9 Å². The van der Waals surface area contributed by atoms with Crippen LogP contribution in [0.4, 0.5) is 20.2 Å². The molecule has 150 valence electrons.